The van der Waals surface area contributed by atoms with Crippen molar-refractivity contribution in [3.05, 3.63) is 34.5 Å². The first kappa shape index (κ1) is 14.7. The molecule has 0 aliphatic rings. The molecule has 2 heterocycles. The summed E-state index contributed by atoms with van der Waals surface area (Å²) in [5, 5.41) is 2.10. The van der Waals surface area contributed by atoms with Gasteiger partial charge in [0.2, 0.25) is 5.88 Å². The van der Waals surface area contributed by atoms with Gasteiger partial charge < -0.3 is 15.4 Å². The predicted octanol–water partition coefficient (Wildman–Crippen LogP) is 3.19. The highest BCUT2D eigenvalue weighted by atomic mass is 32.1. The summed E-state index contributed by atoms with van der Waals surface area (Å²) in [7, 11) is 2.04. The Hall–Kier alpha value is -1.75. The van der Waals surface area contributed by atoms with E-state index in [0.717, 1.165) is 25.2 Å². The smallest absolute Gasteiger partial charge is 0.239 e. The minimum atomic E-state index is 0.535. The fraction of sp³-hybridized carbons (Fsp3) is 0.400. The van der Waals surface area contributed by atoms with Gasteiger partial charge in [-0.3, -0.25) is 0 Å². The lowest BCUT2D eigenvalue weighted by molar-refractivity contribution is 0.307. The van der Waals surface area contributed by atoms with Crippen molar-refractivity contribution in [3.8, 4) is 5.88 Å². The van der Waals surface area contributed by atoms with Gasteiger partial charge in [-0.2, -0.15) is 4.98 Å². The maximum absolute atomic E-state index is 5.88. The SMILES string of the molecule is CCCOc1nc(N(C)CCc2cccs2)ccc1N. The van der Waals surface area contributed by atoms with Gasteiger partial charge in [0, 0.05) is 18.5 Å². The molecular weight excluding hydrogens is 270 g/mol. The van der Waals surface area contributed by atoms with Crippen LogP contribution in [-0.4, -0.2) is 25.2 Å². The third-order valence-corrected chi connectivity index (χ3v) is 3.92. The van der Waals surface area contributed by atoms with Crippen LogP contribution in [0.1, 0.15) is 18.2 Å². The van der Waals surface area contributed by atoms with E-state index in [1.54, 1.807) is 11.3 Å². The molecule has 2 rings (SSSR count). The summed E-state index contributed by atoms with van der Waals surface area (Å²) in [6.07, 6.45) is 1.96. The molecule has 0 radical (unpaired) electrons. The van der Waals surface area contributed by atoms with Crippen LogP contribution in [0.3, 0.4) is 0 Å². The molecule has 0 saturated heterocycles. The lowest BCUT2D eigenvalue weighted by Crippen LogP contribution is -2.21. The number of thiophene rings is 1. The van der Waals surface area contributed by atoms with Crippen LogP contribution in [0, 0.1) is 0 Å². The van der Waals surface area contributed by atoms with Crippen LogP contribution in [0.2, 0.25) is 0 Å². The molecule has 2 N–H and O–H groups in total. The number of nitrogens with zero attached hydrogens (tertiary/aromatic N) is 2. The van der Waals surface area contributed by atoms with E-state index in [1.165, 1.54) is 4.88 Å². The van der Waals surface area contributed by atoms with Gasteiger partial charge in [-0.1, -0.05) is 13.0 Å². The third-order valence-electron chi connectivity index (χ3n) is 2.98. The van der Waals surface area contributed by atoms with E-state index in [-0.39, 0.29) is 0 Å². The van der Waals surface area contributed by atoms with E-state index in [1.807, 2.05) is 19.2 Å². The number of nitrogens with two attached hydrogens (primary N) is 1. The van der Waals surface area contributed by atoms with Crippen LogP contribution in [0.25, 0.3) is 0 Å². The summed E-state index contributed by atoms with van der Waals surface area (Å²) >= 11 is 1.79. The van der Waals surface area contributed by atoms with Crippen LogP contribution in [-0.2, 0) is 6.42 Å². The fourth-order valence-corrected chi connectivity index (χ4v) is 2.51. The number of pyridine rings is 1. The van der Waals surface area contributed by atoms with Crippen molar-refractivity contribution in [3.63, 3.8) is 0 Å². The first-order chi connectivity index (χ1) is 9.70. The molecule has 0 atom stereocenters. The Morgan fingerprint density at radius 1 is 1.35 bits per heavy atom. The number of anilines is 2. The summed E-state index contributed by atoms with van der Waals surface area (Å²) in [4.78, 5) is 8.00. The largest absolute Gasteiger partial charge is 0.476 e. The van der Waals surface area contributed by atoms with Gasteiger partial charge in [-0.05, 0) is 36.4 Å². The zero-order valence-corrected chi connectivity index (χ0v) is 12.8. The fourth-order valence-electron chi connectivity index (χ4n) is 1.82. The molecular formula is C15H21N3OS. The van der Waals surface area contributed by atoms with Crippen molar-refractivity contribution < 1.29 is 4.74 Å². The topological polar surface area (TPSA) is 51.4 Å². The molecule has 0 aliphatic carbocycles. The monoisotopic (exact) mass is 291 g/mol. The van der Waals surface area contributed by atoms with Crippen molar-refractivity contribution in [1.29, 1.82) is 0 Å². The first-order valence-corrected chi connectivity index (χ1v) is 7.71. The number of likely N-dealkylation sites (N-methyl/N-ethyl adjacent to an activating group) is 1. The standard InChI is InChI=1S/C15H21N3OS/c1-3-10-19-15-13(16)6-7-14(17-15)18(2)9-8-12-5-4-11-20-12/h4-7,11H,3,8-10,16H2,1-2H3. The van der Waals surface area contributed by atoms with E-state index in [4.69, 9.17) is 10.5 Å². The van der Waals surface area contributed by atoms with Crippen LogP contribution >= 0.6 is 11.3 Å². The number of hydrogen-bond donors (Lipinski definition) is 1. The Labute approximate surface area is 124 Å². The second-order valence-corrected chi connectivity index (χ2v) is 5.70. The first-order valence-electron chi connectivity index (χ1n) is 6.83. The maximum atomic E-state index is 5.88. The molecule has 4 nitrogen and oxygen atoms in total. The number of hydrogen-bond acceptors (Lipinski definition) is 5. The molecule has 0 bridgehead atoms. The highest BCUT2D eigenvalue weighted by molar-refractivity contribution is 7.09. The van der Waals surface area contributed by atoms with E-state index < -0.39 is 0 Å². The van der Waals surface area contributed by atoms with E-state index in [0.29, 0.717) is 18.2 Å². The number of nitrogen functional groups attached to an aromatic ring is 1. The van der Waals surface area contributed by atoms with Crippen LogP contribution in [0.5, 0.6) is 5.88 Å². The van der Waals surface area contributed by atoms with Gasteiger partial charge >= 0.3 is 0 Å². The van der Waals surface area contributed by atoms with E-state index >= 15 is 0 Å². The van der Waals surface area contributed by atoms with Crippen molar-refractivity contribution >= 4 is 22.8 Å². The Balaban J connectivity index is 1.99. The molecule has 0 aromatic carbocycles. The Morgan fingerprint density at radius 3 is 2.90 bits per heavy atom. The van der Waals surface area contributed by atoms with Gasteiger partial charge in [0.25, 0.3) is 0 Å². The summed E-state index contributed by atoms with van der Waals surface area (Å²) in [6, 6.07) is 8.03. The van der Waals surface area contributed by atoms with Gasteiger partial charge in [0.1, 0.15) is 5.82 Å². The Morgan fingerprint density at radius 2 is 2.20 bits per heavy atom. The summed E-state index contributed by atoms with van der Waals surface area (Å²) in [6.45, 7) is 3.62. The number of ether oxygens (including phenoxy) is 1. The van der Waals surface area contributed by atoms with Gasteiger partial charge in [-0.25, -0.2) is 0 Å². The predicted molar refractivity (Wildman–Crippen MR) is 85.7 cm³/mol. The van der Waals surface area contributed by atoms with Crippen molar-refractivity contribution in [2.24, 2.45) is 0 Å². The molecule has 2 aromatic rings. The zero-order valence-electron chi connectivity index (χ0n) is 12.0. The average Bonchev–Trinajstić information content (AvgIpc) is 2.97. The number of aromatic nitrogens is 1. The van der Waals surface area contributed by atoms with Crippen molar-refractivity contribution in [1.82, 2.24) is 4.98 Å². The Kier molecular flexibility index (Phi) is 5.24. The zero-order chi connectivity index (χ0) is 14.4. The molecule has 0 spiro atoms. The third kappa shape index (κ3) is 3.87. The van der Waals surface area contributed by atoms with Crippen LogP contribution in [0.4, 0.5) is 11.5 Å². The van der Waals surface area contributed by atoms with Crippen molar-refractivity contribution in [2.45, 2.75) is 19.8 Å². The lowest BCUT2D eigenvalue weighted by Gasteiger charge is -2.19. The molecule has 2 aromatic heterocycles. The molecule has 0 amide bonds. The minimum Gasteiger partial charge on any atom is -0.476 e. The average molecular weight is 291 g/mol. The number of rotatable bonds is 7. The highest BCUT2D eigenvalue weighted by Gasteiger charge is 2.08. The molecule has 0 unspecified atom stereocenters. The van der Waals surface area contributed by atoms with Gasteiger partial charge in [-0.15, -0.1) is 11.3 Å². The van der Waals surface area contributed by atoms with Crippen molar-refractivity contribution in [2.75, 3.05) is 30.8 Å². The van der Waals surface area contributed by atoms with Gasteiger partial charge in [0.05, 0.1) is 12.3 Å². The maximum Gasteiger partial charge on any atom is 0.239 e. The summed E-state index contributed by atoms with van der Waals surface area (Å²) in [5.41, 5.74) is 6.47. The lowest BCUT2D eigenvalue weighted by atomic mass is 10.3. The summed E-state index contributed by atoms with van der Waals surface area (Å²) < 4.78 is 5.57. The normalized spacial score (nSPS) is 10.5. The molecule has 5 heteroatoms. The highest BCUT2D eigenvalue weighted by Crippen LogP contribution is 2.23. The second-order valence-electron chi connectivity index (χ2n) is 4.66. The van der Waals surface area contributed by atoms with E-state index in [2.05, 4.69) is 34.3 Å². The molecule has 0 saturated carbocycles. The summed E-state index contributed by atoms with van der Waals surface area (Å²) in [5.74, 6) is 1.43. The molecule has 0 fully saturated rings. The molecule has 20 heavy (non-hydrogen) atoms. The Bertz CT molecular complexity index is 528. The van der Waals surface area contributed by atoms with Crippen LogP contribution in [0.15, 0.2) is 29.6 Å². The molecule has 0 aliphatic heterocycles. The minimum absolute atomic E-state index is 0.535. The molecule has 108 valence electrons. The van der Waals surface area contributed by atoms with Crippen LogP contribution < -0.4 is 15.4 Å². The van der Waals surface area contributed by atoms with E-state index in [9.17, 15) is 0 Å². The quantitative estimate of drug-likeness (QED) is 0.851. The second kappa shape index (κ2) is 7.14. The van der Waals surface area contributed by atoms with Gasteiger partial charge in [0.15, 0.2) is 0 Å².